The van der Waals surface area contributed by atoms with Crippen LogP contribution in [0.25, 0.3) is 0 Å². The molecule has 0 unspecified atom stereocenters. The van der Waals surface area contributed by atoms with Crippen LogP contribution in [-0.4, -0.2) is 12.5 Å². The molecule has 0 aliphatic rings. The van der Waals surface area contributed by atoms with Crippen LogP contribution >= 0.6 is 23.9 Å². The van der Waals surface area contributed by atoms with E-state index in [-0.39, 0.29) is 0 Å². The lowest BCUT2D eigenvalue weighted by atomic mass is 12.0. The molecule has 0 aromatic carbocycles. The third kappa shape index (κ3) is 6.58. The summed E-state index contributed by atoms with van der Waals surface area (Å²) in [4.78, 5) is 9.63. The van der Waals surface area contributed by atoms with Crippen molar-refractivity contribution in [3.8, 4) is 0 Å². The third-order valence-corrected chi connectivity index (χ3v) is 0.750. The lowest BCUT2D eigenvalue weighted by Gasteiger charge is -1.97. The lowest BCUT2D eigenvalue weighted by molar-refractivity contribution is 0.0680. The normalized spacial score (nSPS) is 9.43. The Balaban J connectivity index is 2.45. The predicted octanol–water partition coefficient (Wildman–Crippen LogP) is 0.568. The zero-order valence-corrected chi connectivity index (χ0v) is 5.86. The fraction of sp³-hybridized carbons (Fsp3) is 1.00. The molecule has 0 radical (unpaired) electrons. The van der Waals surface area contributed by atoms with Crippen LogP contribution in [0.4, 0.5) is 0 Å². The van der Waals surface area contributed by atoms with Crippen molar-refractivity contribution >= 4 is 23.9 Å². The molecule has 5 heteroatoms. The Morgan fingerprint density at radius 2 is 1.57 bits per heavy atom. The predicted molar refractivity (Wildman–Crippen MR) is 34.4 cm³/mol. The van der Waals surface area contributed by atoms with Crippen molar-refractivity contribution in [2.24, 2.45) is 0 Å². The first-order valence-corrected chi connectivity index (χ1v) is 4.08. The second-order valence-corrected chi connectivity index (χ2v) is 1.83. The minimum absolute atomic E-state index is 1.39. The molecule has 2 N–H and O–H groups in total. The van der Waals surface area contributed by atoms with E-state index in [2.05, 4.69) is 14.7 Å². The van der Waals surface area contributed by atoms with Crippen LogP contribution in [0.1, 0.15) is 0 Å². The zero-order chi connectivity index (χ0) is 5.54. The summed E-state index contributed by atoms with van der Waals surface area (Å²) in [6, 6.07) is 0. The van der Waals surface area contributed by atoms with Crippen molar-refractivity contribution in [2.45, 2.75) is 0 Å². The zero-order valence-electron chi connectivity index (χ0n) is 4.22. The number of nitrogens with one attached hydrogen (secondary N) is 2. The average Bonchev–Trinajstić information content (AvgIpc) is 1.69. The molecule has 0 heterocycles. The van der Waals surface area contributed by atoms with Crippen molar-refractivity contribution in [2.75, 3.05) is 12.5 Å². The highest BCUT2D eigenvalue weighted by Gasteiger charge is 1.74. The molecule has 0 aliphatic carbocycles. The summed E-state index contributed by atoms with van der Waals surface area (Å²) < 4.78 is 0. The molecule has 0 aromatic heterocycles. The molecule has 0 saturated carbocycles. The quantitative estimate of drug-likeness (QED) is 0.339. The standard InChI is InChI=1S/C2H8N2OS2/c1-6-3-5-4-7-2/h3-4H,1-2H3. The third-order valence-electron chi connectivity index (χ3n) is 0.250. The molecule has 0 fully saturated rings. The van der Waals surface area contributed by atoms with Gasteiger partial charge in [-0.1, -0.05) is 23.9 Å². The van der Waals surface area contributed by atoms with Gasteiger partial charge in [0.2, 0.25) is 0 Å². The smallest absolute Gasteiger partial charge is 0.00152 e. The minimum atomic E-state index is 1.39. The minimum Gasteiger partial charge on any atom is -0.193 e. The van der Waals surface area contributed by atoms with Crippen molar-refractivity contribution in [1.82, 2.24) is 9.77 Å². The Morgan fingerprint density at radius 3 is 1.86 bits per heavy atom. The van der Waals surface area contributed by atoms with Crippen LogP contribution in [0.2, 0.25) is 0 Å². The van der Waals surface area contributed by atoms with Gasteiger partial charge in [-0.2, -0.15) is 4.94 Å². The molecule has 0 rings (SSSR count). The monoisotopic (exact) mass is 140 g/mol. The molecule has 3 nitrogen and oxygen atoms in total. The molecule has 0 aromatic rings. The van der Waals surface area contributed by atoms with Crippen molar-refractivity contribution in [1.29, 1.82) is 0 Å². The second-order valence-electron chi connectivity index (χ2n) is 0.677. The van der Waals surface area contributed by atoms with E-state index in [1.54, 1.807) is 0 Å². The Bertz CT molecular complexity index is 32.9. The van der Waals surface area contributed by atoms with Crippen LogP contribution < -0.4 is 9.77 Å². The summed E-state index contributed by atoms with van der Waals surface area (Å²) >= 11 is 2.79. The van der Waals surface area contributed by atoms with E-state index in [0.29, 0.717) is 0 Å². The van der Waals surface area contributed by atoms with Gasteiger partial charge in [0.15, 0.2) is 0 Å². The Hall–Kier alpha value is 0.580. The molecule has 0 spiro atoms. The summed E-state index contributed by atoms with van der Waals surface area (Å²) in [6.07, 6.45) is 3.75. The highest BCUT2D eigenvalue weighted by molar-refractivity contribution is 7.97. The van der Waals surface area contributed by atoms with E-state index in [0.717, 1.165) is 0 Å². The average molecular weight is 140 g/mol. The molecule has 0 aliphatic heterocycles. The summed E-state index contributed by atoms with van der Waals surface area (Å²) in [5.74, 6) is 0. The van der Waals surface area contributed by atoms with Crippen LogP contribution in [0.5, 0.6) is 0 Å². The van der Waals surface area contributed by atoms with E-state index in [4.69, 9.17) is 0 Å². The first-order valence-electron chi connectivity index (χ1n) is 1.63. The summed E-state index contributed by atoms with van der Waals surface area (Å²) in [5, 5.41) is 0. The largest absolute Gasteiger partial charge is 0.193 e. The van der Waals surface area contributed by atoms with Crippen LogP contribution in [0, 0.1) is 0 Å². The molecule has 0 bridgehead atoms. The van der Waals surface area contributed by atoms with Gasteiger partial charge in [0, 0.05) is 0 Å². The van der Waals surface area contributed by atoms with Gasteiger partial charge in [-0.3, -0.25) is 0 Å². The fourth-order valence-electron chi connectivity index (χ4n) is 0.100. The van der Waals surface area contributed by atoms with Gasteiger partial charge in [0.1, 0.15) is 0 Å². The summed E-state index contributed by atoms with van der Waals surface area (Å²) in [7, 11) is 0. The van der Waals surface area contributed by atoms with E-state index in [1.165, 1.54) is 23.9 Å². The van der Waals surface area contributed by atoms with Crippen LogP contribution in [0.15, 0.2) is 0 Å². The second kappa shape index (κ2) is 6.58. The Morgan fingerprint density at radius 1 is 1.14 bits per heavy atom. The van der Waals surface area contributed by atoms with Crippen LogP contribution in [0.3, 0.4) is 0 Å². The topological polar surface area (TPSA) is 33.3 Å². The summed E-state index contributed by atoms with van der Waals surface area (Å²) in [6.45, 7) is 0. The first kappa shape index (κ1) is 7.58. The van der Waals surface area contributed by atoms with E-state index in [1.807, 2.05) is 12.5 Å². The summed E-state index contributed by atoms with van der Waals surface area (Å²) in [5.41, 5.74) is 0. The maximum absolute atomic E-state index is 4.56. The van der Waals surface area contributed by atoms with Gasteiger partial charge in [-0.15, -0.1) is 9.77 Å². The molecule has 7 heavy (non-hydrogen) atoms. The number of rotatable bonds is 4. The van der Waals surface area contributed by atoms with Gasteiger partial charge < -0.3 is 0 Å². The van der Waals surface area contributed by atoms with Gasteiger partial charge >= 0.3 is 0 Å². The number of hydrogen-bond donors (Lipinski definition) is 2. The fourth-order valence-corrected chi connectivity index (χ4v) is 0.403. The Labute approximate surface area is 51.7 Å². The highest BCUT2D eigenvalue weighted by Crippen LogP contribution is 1.83. The van der Waals surface area contributed by atoms with Gasteiger partial charge in [0.25, 0.3) is 0 Å². The maximum Gasteiger partial charge on any atom is -0.00152 e. The SMILES string of the molecule is CSNONSC. The lowest BCUT2D eigenvalue weighted by Crippen LogP contribution is -2.12. The molecular weight excluding hydrogens is 132 g/mol. The molecular formula is C2H8N2OS2. The first-order chi connectivity index (χ1) is 3.41. The Kier molecular flexibility index (Phi) is 7.13. The van der Waals surface area contributed by atoms with Gasteiger partial charge in [-0.05, 0) is 12.5 Å². The van der Waals surface area contributed by atoms with Crippen LogP contribution in [-0.2, 0) is 4.94 Å². The van der Waals surface area contributed by atoms with Crippen molar-refractivity contribution in [3.63, 3.8) is 0 Å². The van der Waals surface area contributed by atoms with E-state index < -0.39 is 0 Å². The molecule has 0 amide bonds. The maximum atomic E-state index is 4.56. The number of hydrogen-bond acceptors (Lipinski definition) is 5. The van der Waals surface area contributed by atoms with Crippen molar-refractivity contribution < 1.29 is 4.94 Å². The molecule has 0 atom stereocenters. The molecule has 44 valence electrons. The van der Waals surface area contributed by atoms with Gasteiger partial charge in [-0.25, -0.2) is 0 Å². The van der Waals surface area contributed by atoms with Crippen molar-refractivity contribution in [3.05, 3.63) is 0 Å². The van der Waals surface area contributed by atoms with E-state index in [9.17, 15) is 0 Å². The highest BCUT2D eigenvalue weighted by atomic mass is 32.2. The van der Waals surface area contributed by atoms with E-state index >= 15 is 0 Å². The molecule has 0 saturated heterocycles. The van der Waals surface area contributed by atoms with Gasteiger partial charge in [0.05, 0.1) is 0 Å².